The van der Waals surface area contributed by atoms with E-state index in [9.17, 15) is 23.3 Å². The highest BCUT2D eigenvalue weighted by Crippen LogP contribution is 2.27. The maximum Gasteiger partial charge on any atom is 0.338 e. The highest BCUT2D eigenvalue weighted by atomic mass is 32.2. The lowest BCUT2D eigenvalue weighted by molar-refractivity contribution is -0.387. The molecule has 0 unspecified atom stereocenters. The van der Waals surface area contributed by atoms with E-state index in [0.717, 1.165) is 38.5 Å². The normalized spacial score (nSPS) is 11.4. The third-order valence-electron chi connectivity index (χ3n) is 5.68. The summed E-state index contributed by atoms with van der Waals surface area (Å²) >= 11 is 0. The Bertz CT molecular complexity index is 807. The zero-order chi connectivity index (χ0) is 23.8. The number of carbonyl (C=O) groups is 1. The first-order chi connectivity index (χ1) is 15.3. The van der Waals surface area contributed by atoms with Crippen LogP contribution in [-0.4, -0.2) is 32.2 Å². The van der Waals surface area contributed by atoms with E-state index in [1.807, 2.05) is 0 Å². The molecule has 0 saturated carbocycles. The number of unbranched alkanes of at least 4 members (excludes halogenated alkanes) is 13. The monoisotopic (exact) mass is 469 g/mol. The Kier molecular flexibility index (Phi) is 13.8. The minimum atomic E-state index is -3.80. The van der Waals surface area contributed by atoms with E-state index in [1.165, 1.54) is 70.3 Å². The number of rotatable bonds is 18. The SMILES string of the molecule is CCCCCCCCCCCCCCCCS(=O)(=O)c1ccc(C(=O)OC)cc1[N+](=O)[O-]. The third kappa shape index (κ3) is 10.6. The van der Waals surface area contributed by atoms with Crippen LogP contribution in [0.1, 0.15) is 107 Å². The van der Waals surface area contributed by atoms with E-state index in [1.54, 1.807) is 0 Å². The first kappa shape index (κ1) is 28.1. The molecule has 7 nitrogen and oxygen atoms in total. The van der Waals surface area contributed by atoms with Gasteiger partial charge in [0.1, 0.15) is 4.90 Å². The van der Waals surface area contributed by atoms with Crippen LogP contribution in [0.3, 0.4) is 0 Å². The van der Waals surface area contributed by atoms with Crippen molar-refractivity contribution in [3.05, 3.63) is 33.9 Å². The molecule has 0 aromatic heterocycles. The summed E-state index contributed by atoms with van der Waals surface area (Å²) in [5.41, 5.74) is -0.632. The van der Waals surface area contributed by atoms with Gasteiger partial charge in [0.2, 0.25) is 0 Å². The Balaban J connectivity index is 2.29. The second kappa shape index (κ2) is 15.8. The summed E-state index contributed by atoms with van der Waals surface area (Å²) < 4.78 is 29.8. The van der Waals surface area contributed by atoms with E-state index >= 15 is 0 Å². The van der Waals surface area contributed by atoms with Crippen LogP contribution >= 0.6 is 0 Å². The predicted octanol–water partition coefficient (Wildman–Crippen LogP) is 6.64. The van der Waals surface area contributed by atoms with E-state index < -0.39 is 26.4 Å². The van der Waals surface area contributed by atoms with Crippen LogP contribution in [0.2, 0.25) is 0 Å². The summed E-state index contributed by atoms with van der Waals surface area (Å²) in [6.45, 7) is 2.23. The van der Waals surface area contributed by atoms with Crippen LogP contribution in [0, 0.1) is 10.1 Å². The van der Waals surface area contributed by atoms with Gasteiger partial charge in [-0.25, -0.2) is 13.2 Å². The fourth-order valence-electron chi connectivity index (χ4n) is 3.76. The number of nitro groups is 1. The lowest BCUT2D eigenvalue weighted by Gasteiger charge is -2.07. The van der Waals surface area contributed by atoms with Gasteiger partial charge in [-0.1, -0.05) is 90.4 Å². The van der Waals surface area contributed by atoms with Gasteiger partial charge < -0.3 is 4.74 Å². The maximum atomic E-state index is 12.6. The maximum absolute atomic E-state index is 12.6. The molecule has 0 aliphatic carbocycles. The Morgan fingerprint density at radius 1 is 0.875 bits per heavy atom. The molecule has 1 rings (SSSR count). The van der Waals surface area contributed by atoms with Crippen LogP contribution in [0.25, 0.3) is 0 Å². The fourth-order valence-corrected chi connectivity index (χ4v) is 5.30. The highest BCUT2D eigenvalue weighted by molar-refractivity contribution is 7.91. The first-order valence-electron chi connectivity index (χ1n) is 11.9. The Labute approximate surface area is 193 Å². The van der Waals surface area contributed by atoms with E-state index in [-0.39, 0.29) is 16.2 Å². The number of ether oxygens (including phenoxy) is 1. The van der Waals surface area contributed by atoms with Gasteiger partial charge in [-0.3, -0.25) is 10.1 Å². The molecule has 0 fully saturated rings. The molecule has 0 N–H and O–H groups in total. The minimum absolute atomic E-state index is 0.0466. The van der Waals surface area contributed by atoms with Crippen LogP contribution in [0.15, 0.2) is 23.1 Å². The van der Waals surface area contributed by atoms with Crippen molar-refractivity contribution in [3.63, 3.8) is 0 Å². The molecule has 0 heterocycles. The zero-order valence-corrected chi connectivity index (χ0v) is 20.5. The summed E-state index contributed by atoms with van der Waals surface area (Å²) in [6, 6.07) is 3.34. The van der Waals surface area contributed by atoms with Gasteiger partial charge >= 0.3 is 5.97 Å². The quantitative estimate of drug-likeness (QED) is 0.103. The Hall–Kier alpha value is -1.96. The first-order valence-corrected chi connectivity index (χ1v) is 13.6. The molecule has 0 saturated heterocycles. The summed E-state index contributed by atoms with van der Waals surface area (Å²) in [5.74, 6) is -0.882. The number of hydrogen-bond acceptors (Lipinski definition) is 6. The topological polar surface area (TPSA) is 104 Å². The summed E-state index contributed by atoms with van der Waals surface area (Å²) in [5, 5.41) is 11.3. The molecular formula is C24H39NO6S. The van der Waals surface area contributed by atoms with Crippen molar-refractivity contribution in [2.45, 2.75) is 102 Å². The Morgan fingerprint density at radius 2 is 1.34 bits per heavy atom. The molecule has 0 aliphatic heterocycles. The van der Waals surface area contributed by atoms with Crippen molar-refractivity contribution in [1.82, 2.24) is 0 Å². The number of sulfone groups is 1. The molecule has 0 aliphatic rings. The molecular weight excluding hydrogens is 430 g/mol. The number of esters is 1. The minimum Gasteiger partial charge on any atom is -0.465 e. The van der Waals surface area contributed by atoms with Crippen molar-refractivity contribution in [2.75, 3.05) is 12.9 Å². The lowest BCUT2D eigenvalue weighted by Crippen LogP contribution is -2.11. The largest absolute Gasteiger partial charge is 0.465 e. The average molecular weight is 470 g/mol. The van der Waals surface area contributed by atoms with Gasteiger partial charge in [-0.05, 0) is 18.6 Å². The van der Waals surface area contributed by atoms with Crippen molar-refractivity contribution in [2.24, 2.45) is 0 Å². The number of methoxy groups -OCH3 is 1. The Morgan fingerprint density at radius 3 is 1.78 bits per heavy atom. The lowest BCUT2D eigenvalue weighted by atomic mass is 10.0. The van der Waals surface area contributed by atoms with Gasteiger partial charge in [-0.15, -0.1) is 0 Å². The number of nitro benzene ring substituents is 1. The van der Waals surface area contributed by atoms with Gasteiger partial charge in [0.25, 0.3) is 5.69 Å². The van der Waals surface area contributed by atoms with Gasteiger partial charge in [0.05, 0.1) is 23.3 Å². The summed E-state index contributed by atoms with van der Waals surface area (Å²) in [7, 11) is -2.63. The molecule has 0 spiro atoms. The molecule has 182 valence electrons. The average Bonchev–Trinajstić information content (AvgIpc) is 2.78. The second-order valence-corrected chi connectivity index (χ2v) is 10.4. The van der Waals surface area contributed by atoms with E-state index in [2.05, 4.69) is 11.7 Å². The number of benzene rings is 1. The van der Waals surface area contributed by atoms with E-state index in [4.69, 9.17) is 0 Å². The van der Waals surface area contributed by atoms with Crippen LogP contribution in [-0.2, 0) is 14.6 Å². The summed E-state index contributed by atoms with van der Waals surface area (Å²) in [4.78, 5) is 21.8. The third-order valence-corrected chi connectivity index (χ3v) is 7.52. The molecule has 0 bridgehead atoms. The predicted molar refractivity (Wildman–Crippen MR) is 127 cm³/mol. The van der Waals surface area contributed by atoms with Gasteiger partial charge in [0.15, 0.2) is 9.84 Å². The molecule has 32 heavy (non-hydrogen) atoms. The molecule has 0 amide bonds. The van der Waals surface area contributed by atoms with E-state index in [0.29, 0.717) is 6.42 Å². The van der Waals surface area contributed by atoms with Crippen LogP contribution < -0.4 is 0 Å². The molecule has 0 atom stereocenters. The molecule has 8 heteroatoms. The van der Waals surface area contributed by atoms with Crippen LogP contribution in [0.5, 0.6) is 0 Å². The zero-order valence-electron chi connectivity index (χ0n) is 19.6. The molecule has 1 aromatic rings. The molecule has 1 aromatic carbocycles. The van der Waals surface area contributed by atoms with Crippen molar-refractivity contribution in [3.8, 4) is 0 Å². The smallest absolute Gasteiger partial charge is 0.338 e. The van der Waals surface area contributed by atoms with Crippen molar-refractivity contribution in [1.29, 1.82) is 0 Å². The number of carbonyl (C=O) groups excluding carboxylic acids is 1. The van der Waals surface area contributed by atoms with Crippen molar-refractivity contribution >= 4 is 21.5 Å². The number of nitrogens with zero attached hydrogens (tertiary/aromatic N) is 1. The standard InChI is InChI=1S/C24H39NO6S/c1-3-4-5-6-7-8-9-10-11-12-13-14-15-16-19-32(29,30)23-18-17-21(24(26)31-2)20-22(23)25(27)28/h17-18,20H,3-16,19H2,1-2H3. The van der Waals surface area contributed by atoms with Crippen molar-refractivity contribution < 1.29 is 22.9 Å². The van der Waals surface area contributed by atoms with Gasteiger partial charge in [-0.2, -0.15) is 0 Å². The van der Waals surface area contributed by atoms with Gasteiger partial charge in [0, 0.05) is 6.07 Å². The number of hydrogen-bond donors (Lipinski definition) is 0. The fraction of sp³-hybridized carbons (Fsp3) is 0.708. The molecule has 0 radical (unpaired) electrons. The summed E-state index contributed by atoms with van der Waals surface area (Å²) in [6.07, 6.45) is 16.3. The highest BCUT2D eigenvalue weighted by Gasteiger charge is 2.27. The van der Waals surface area contributed by atoms with Crippen LogP contribution in [0.4, 0.5) is 5.69 Å². The second-order valence-electron chi connectivity index (χ2n) is 8.35.